The molecule has 0 saturated heterocycles. The highest BCUT2D eigenvalue weighted by atomic mass is 16.5. The number of aromatic nitrogens is 6. The van der Waals surface area contributed by atoms with E-state index < -0.39 is 0 Å². The van der Waals surface area contributed by atoms with Crippen LogP contribution in [0.2, 0.25) is 0 Å². The van der Waals surface area contributed by atoms with E-state index in [2.05, 4.69) is 42.0 Å². The molecule has 4 aromatic carbocycles. The van der Waals surface area contributed by atoms with Crippen LogP contribution in [0.25, 0.3) is 48.6 Å². The van der Waals surface area contributed by atoms with E-state index in [1.165, 1.54) is 0 Å². The molecule has 8 aromatic rings. The molecule has 0 bridgehead atoms. The summed E-state index contributed by atoms with van der Waals surface area (Å²) in [5.74, 6) is 0.267. The van der Waals surface area contributed by atoms with Crippen molar-refractivity contribution in [1.82, 2.24) is 29.9 Å². The summed E-state index contributed by atoms with van der Waals surface area (Å²) in [4.78, 5) is 33.0. The molecule has 0 atom stereocenters. The van der Waals surface area contributed by atoms with Gasteiger partial charge < -0.3 is 65.8 Å². The van der Waals surface area contributed by atoms with Gasteiger partial charge in [-0.3, -0.25) is 9.97 Å². The fraction of sp³-hybridized carbons (Fsp3) is 0.275. The Kier molecular flexibility index (Phi) is 33.2. The number of hydrogen-bond acceptors (Lipinski definition) is 19. The van der Waals surface area contributed by atoms with Crippen molar-refractivity contribution in [2.24, 2.45) is 0 Å². The molecule has 0 aliphatic carbocycles. The minimum Gasteiger partial charge on any atom is -0.467 e. The lowest BCUT2D eigenvalue weighted by Gasteiger charge is -2.22. The fourth-order valence-corrected chi connectivity index (χ4v) is 8.46. The molecule has 0 unspecified atom stereocenters. The molecule has 466 valence electrons. The van der Waals surface area contributed by atoms with Crippen molar-refractivity contribution >= 4 is 77.3 Å². The third kappa shape index (κ3) is 26.2. The van der Waals surface area contributed by atoms with Gasteiger partial charge >= 0.3 is 6.01 Å². The molecule has 4 heterocycles. The maximum Gasteiger partial charge on any atom is 0.316 e. The van der Waals surface area contributed by atoms with Crippen molar-refractivity contribution in [1.29, 1.82) is 0 Å². The van der Waals surface area contributed by atoms with Crippen LogP contribution >= 0.6 is 0 Å². The van der Waals surface area contributed by atoms with Crippen molar-refractivity contribution in [2.75, 3.05) is 132 Å². The molecule has 0 saturated carbocycles. The molecule has 4 aromatic heterocycles. The van der Waals surface area contributed by atoms with Crippen LogP contribution in [-0.4, -0.2) is 172 Å². The lowest BCUT2D eigenvalue weighted by atomic mass is 10.1. The number of methoxy groups -OCH3 is 1. The number of pyridine rings is 2. The zero-order valence-electron chi connectivity index (χ0n) is 50.1. The molecular weight excluding hydrogens is 1110 g/mol. The standard InChI is InChI=1S/C18H23N3O3.C17H22N4O2.C17H20N2O2.C16H18N2O.CH4/c1-14-13-16(20-18(19-14)24-2)6-3-15-4-7-17(8-5-15)21(9-11-22)10-12-23;1-13-12-15(20-17(18)19-13)5-2-14-3-6-16(7-4-14)21(8-10-22)9-11-23;20-13-11-19(12-14-21)17-8-5-15(6-9-17)4-7-16-3-1-2-10-18-16;1-18(12-13-19)16-9-6-14(7-10-16)5-8-15-4-2-3-11-17-15;/h3-8,13,22-23H,9-12H2,1-2H3;2-7,12,22-23H,8-11H2,1H3,(H2,18,19,20);1-10,20-21H,11-14H2;2-11,19H,12-13H2,1H3;1H4/b6-3+;5-2+;7-4+;8-5+;. The molecule has 0 fully saturated rings. The van der Waals surface area contributed by atoms with Crippen molar-refractivity contribution < 1.29 is 40.5 Å². The van der Waals surface area contributed by atoms with Crippen molar-refractivity contribution in [3.05, 3.63) is 214 Å². The monoisotopic (exact) mass is 1200 g/mol. The van der Waals surface area contributed by atoms with Crippen LogP contribution < -0.4 is 30.1 Å². The van der Waals surface area contributed by atoms with Gasteiger partial charge in [0.05, 0.1) is 76.1 Å². The molecule has 0 spiro atoms. The first-order chi connectivity index (χ1) is 42.4. The summed E-state index contributed by atoms with van der Waals surface area (Å²) in [5, 5.41) is 63.4. The van der Waals surface area contributed by atoms with Crippen LogP contribution in [0.5, 0.6) is 6.01 Å². The lowest BCUT2D eigenvalue weighted by molar-refractivity contribution is 0.280. The van der Waals surface area contributed by atoms with E-state index in [9.17, 15) is 0 Å². The summed E-state index contributed by atoms with van der Waals surface area (Å²) in [6.45, 7) is 7.95. The van der Waals surface area contributed by atoms with Gasteiger partial charge in [-0.15, -0.1) is 0 Å². The van der Waals surface area contributed by atoms with Crippen LogP contribution in [-0.2, 0) is 0 Å². The Morgan fingerprint density at radius 1 is 0.386 bits per heavy atom. The Bertz CT molecular complexity index is 3250. The van der Waals surface area contributed by atoms with Gasteiger partial charge in [0.1, 0.15) is 0 Å². The summed E-state index contributed by atoms with van der Waals surface area (Å²) < 4.78 is 5.07. The van der Waals surface area contributed by atoms with Crippen molar-refractivity contribution in [3.63, 3.8) is 0 Å². The van der Waals surface area contributed by atoms with Crippen LogP contribution in [0.15, 0.2) is 158 Å². The lowest BCUT2D eigenvalue weighted by Crippen LogP contribution is -2.29. The van der Waals surface area contributed by atoms with Gasteiger partial charge in [-0.1, -0.05) is 92.4 Å². The minimum atomic E-state index is 0. The second kappa shape index (κ2) is 41.0. The first kappa shape index (κ1) is 71.3. The van der Waals surface area contributed by atoms with Gasteiger partial charge in [0.25, 0.3) is 0 Å². The van der Waals surface area contributed by atoms with E-state index in [-0.39, 0.29) is 59.6 Å². The highest BCUT2D eigenvalue weighted by Gasteiger charge is 2.08. The van der Waals surface area contributed by atoms with E-state index in [1.807, 2.05) is 223 Å². The average Bonchev–Trinajstić information content (AvgIpc) is 3.61. The second-order valence-corrected chi connectivity index (χ2v) is 19.4. The topological polar surface area (TPSA) is 267 Å². The number of likely N-dealkylation sites (N-methyl/N-ethyl adjacent to an activating group) is 1. The van der Waals surface area contributed by atoms with Crippen molar-refractivity contribution in [2.45, 2.75) is 21.3 Å². The summed E-state index contributed by atoms with van der Waals surface area (Å²) in [7, 11) is 3.51. The zero-order chi connectivity index (χ0) is 62.4. The summed E-state index contributed by atoms with van der Waals surface area (Å²) in [6, 6.07) is 47.8. The quantitative estimate of drug-likeness (QED) is 0.0240. The number of nitrogen functional groups attached to an aromatic ring is 1. The largest absolute Gasteiger partial charge is 0.467 e. The van der Waals surface area contributed by atoms with Gasteiger partial charge in [0.2, 0.25) is 5.95 Å². The number of rotatable bonds is 27. The molecule has 0 amide bonds. The third-order valence-electron chi connectivity index (χ3n) is 12.9. The number of nitrogens with zero attached hydrogens (tertiary/aromatic N) is 10. The first-order valence-corrected chi connectivity index (χ1v) is 28.6. The Hall–Kier alpha value is -9.18. The minimum absolute atomic E-state index is 0. The second-order valence-electron chi connectivity index (χ2n) is 19.4. The molecular formula is C69H87N11O8. The van der Waals surface area contributed by atoms with E-state index in [1.54, 1.807) is 19.5 Å². The maximum atomic E-state index is 9.10. The molecule has 88 heavy (non-hydrogen) atoms. The highest BCUT2D eigenvalue weighted by molar-refractivity contribution is 5.72. The van der Waals surface area contributed by atoms with E-state index in [4.69, 9.17) is 46.2 Å². The Balaban J connectivity index is 0.000000251. The number of anilines is 5. The van der Waals surface area contributed by atoms with E-state index >= 15 is 0 Å². The summed E-state index contributed by atoms with van der Waals surface area (Å²) >= 11 is 0. The Labute approximate surface area is 518 Å². The third-order valence-corrected chi connectivity index (χ3v) is 12.9. The molecule has 0 aliphatic heterocycles. The predicted molar refractivity (Wildman–Crippen MR) is 361 cm³/mol. The van der Waals surface area contributed by atoms with Gasteiger partial charge in [-0.05, 0) is 145 Å². The number of aryl methyl sites for hydroxylation is 2. The maximum absolute atomic E-state index is 9.10. The van der Waals surface area contributed by atoms with Gasteiger partial charge in [-0.25, -0.2) is 15.0 Å². The van der Waals surface area contributed by atoms with Gasteiger partial charge in [0.15, 0.2) is 0 Å². The normalized spacial score (nSPS) is 10.9. The van der Waals surface area contributed by atoms with Crippen LogP contribution in [0.3, 0.4) is 0 Å². The molecule has 0 radical (unpaired) electrons. The Morgan fingerprint density at radius 3 is 1.01 bits per heavy atom. The number of benzene rings is 4. The van der Waals surface area contributed by atoms with E-state index in [0.717, 1.165) is 79.2 Å². The predicted octanol–water partition coefficient (Wildman–Crippen LogP) is 8.44. The summed E-state index contributed by atoms with van der Waals surface area (Å²) in [5.41, 5.74) is 19.0. The number of nitrogens with two attached hydrogens (primary N) is 1. The fourth-order valence-electron chi connectivity index (χ4n) is 8.46. The Morgan fingerprint density at radius 2 is 0.705 bits per heavy atom. The average molecular weight is 1200 g/mol. The summed E-state index contributed by atoms with van der Waals surface area (Å²) in [6.07, 6.45) is 19.3. The first-order valence-electron chi connectivity index (χ1n) is 28.6. The number of aliphatic hydroxyl groups is 7. The SMILES string of the molecule is C.CN(CCO)c1ccc(/C=C/c2ccccn2)cc1.COc1nc(C)cc(/C=C/c2ccc(N(CCO)CCO)cc2)n1.Cc1cc(/C=C/c2ccc(N(CCO)CCO)cc2)nc(N)n1.OCCN(CCO)c1ccc(/C=C/c2ccccn2)cc1. The van der Waals surface area contributed by atoms with Gasteiger partial charge in [0, 0.05) is 99.4 Å². The number of aliphatic hydroxyl groups excluding tert-OH is 7. The van der Waals surface area contributed by atoms with Crippen LogP contribution in [0, 0.1) is 13.8 Å². The number of ether oxygens (including phenoxy) is 1. The van der Waals surface area contributed by atoms with Crippen molar-refractivity contribution in [3.8, 4) is 6.01 Å². The zero-order valence-corrected chi connectivity index (χ0v) is 50.1. The van der Waals surface area contributed by atoms with Crippen LogP contribution in [0.4, 0.5) is 28.7 Å². The molecule has 8 rings (SSSR count). The molecule has 9 N–H and O–H groups in total. The number of hydrogen-bond donors (Lipinski definition) is 8. The molecule has 0 aliphatic rings. The van der Waals surface area contributed by atoms with Gasteiger partial charge in [-0.2, -0.15) is 4.98 Å². The molecule has 19 nitrogen and oxygen atoms in total. The van der Waals surface area contributed by atoms with Crippen LogP contribution in [0.1, 0.15) is 63.8 Å². The smallest absolute Gasteiger partial charge is 0.316 e. The molecule has 19 heteroatoms. The van der Waals surface area contributed by atoms with E-state index in [0.29, 0.717) is 51.8 Å². The highest BCUT2D eigenvalue weighted by Crippen LogP contribution is 2.21.